The molecule has 1 aromatic carbocycles. The lowest BCUT2D eigenvalue weighted by atomic mass is 9.93. The maximum atomic E-state index is 13.9. The molecule has 1 aromatic rings. The van der Waals surface area contributed by atoms with Gasteiger partial charge in [0.2, 0.25) is 0 Å². The first-order valence-corrected chi connectivity index (χ1v) is 9.74. The Morgan fingerprint density at radius 3 is 2.72 bits per heavy atom. The molecule has 25 heavy (non-hydrogen) atoms. The standard InChI is InChI=1S/C21H29FN2O/c1-14(23-13-17-11-15-2-3-16(17)10-15)20-12-18(22)4-5-21(20)24-8-6-19(25)7-9-24/h2-5,12,14-17,19,23,25H,6-11,13H2,1H3. The van der Waals surface area contributed by atoms with Crippen molar-refractivity contribution in [3.63, 3.8) is 0 Å². The van der Waals surface area contributed by atoms with E-state index < -0.39 is 0 Å². The van der Waals surface area contributed by atoms with Gasteiger partial charge in [-0.05, 0) is 80.7 Å². The molecule has 2 N–H and O–H groups in total. The van der Waals surface area contributed by atoms with Gasteiger partial charge in [-0.3, -0.25) is 0 Å². The van der Waals surface area contributed by atoms with Crippen molar-refractivity contribution in [2.45, 2.75) is 44.8 Å². The SMILES string of the molecule is CC(NCC1CC2C=CC1C2)c1cc(F)ccc1N1CCC(O)CC1. The molecular weight excluding hydrogens is 315 g/mol. The van der Waals surface area contributed by atoms with Gasteiger partial charge in [0.1, 0.15) is 5.82 Å². The molecule has 136 valence electrons. The highest BCUT2D eigenvalue weighted by Gasteiger charge is 2.35. The zero-order valence-electron chi connectivity index (χ0n) is 15.0. The summed E-state index contributed by atoms with van der Waals surface area (Å²) in [6.45, 7) is 4.81. The van der Waals surface area contributed by atoms with Gasteiger partial charge < -0.3 is 15.3 Å². The molecule has 2 fully saturated rings. The third kappa shape index (κ3) is 3.61. The lowest BCUT2D eigenvalue weighted by Crippen LogP contribution is -2.37. The number of hydrogen-bond acceptors (Lipinski definition) is 3. The smallest absolute Gasteiger partial charge is 0.123 e. The van der Waals surface area contributed by atoms with Crippen LogP contribution in [0.25, 0.3) is 0 Å². The number of benzene rings is 1. The summed E-state index contributed by atoms with van der Waals surface area (Å²) in [5.41, 5.74) is 2.15. The van der Waals surface area contributed by atoms with E-state index in [0.29, 0.717) is 0 Å². The molecule has 2 bridgehead atoms. The third-order valence-electron chi connectivity index (χ3n) is 6.36. The molecule has 4 heteroatoms. The Balaban J connectivity index is 1.44. The van der Waals surface area contributed by atoms with Crippen LogP contribution in [0.4, 0.5) is 10.1 Å². The summed E-state index contributed by atoms with van der Waals surface area (Å²) >= 11 is 0. The normalized spacial score (nSPS) is 30.2. The molecule has 4 unspecified atom stereocenters. The van der Waals surface area contributed by atoms with Gasteiger partial charge in [-0.1, -0.05) is 12.2 Å². The molecule has 1 heterocycles. The van der Waals surface area contributed by atoms with Crippen LogP contribution in [0.3, 0.4) is 0 Å². The second-order valence-corrected chi connectivity index (χ2v) is 8.09. The van der Waals surface area contributed by atoms with Gasteiger partial charge in [-0.25, -0.2) is 4.39 Å². The largest absolute Gasteiger partial charge is 0.393 e. The van der Waals surface area contributed by atoms with Crippen LogP contribution in [0.2, 0.25) is 0 Å². The first kappa shape index (κ1) is 17.0. The number of aliphatic hydroxyl groups is 1. The Hall–Kier alpha value is -1.39. The van der Waals surface area contributed by atoms with Crippen LogP contribution in [0.15, 0.2) is 30.4 Å². The summed E-state index contributed by atoms with van der Waals surface area (Å²) in [4.78, 5) is 2.29. The van der Waals surface area contributed by atoms with Gasteiger partial charge >= 0.3 is 0 Å². The summed E-state index contributed by atoms with van der Waals surface area (Å²) in [5.74, 6) is 2.07. The minimum atomic E-state index is -0.193. The number of hydrogen-bond donors (Lipinski definition) is 2. The Labute approximate surface area is 149 Å². The summed E-state index contributed by atoms with van der Waals surface area (Å²) in [7, 11) is 0. The number of aliphatic hydroxyl groups excluding tert-OH is 1. The Kier molecular flexibility index (Phi) is 4.83. The van der Waals surface area contributed by atoms with Gasteiger partial charge in [0.15, 0.2) is 0 Å². The van der Waals surface area contributed by atoms with E-state index in [2.05, 4.69) is 29.3 Å². The maximum absolute atomic E-state index is 13.9. The molecule has 1 aliphatic heterocycles. The minimum absolute atomic E-state index is 0.126. The van der Waals surface area contributed by atoms with Gasteiger partial charge in [0, 0.05) is 24.8 Å². The molecule has 3 aliphatic rings. The van der Waals surface area contributed by atoms with E-state index in [1.807, 2.05) is 6.07 Å². The van der Waals surface area contributed by atoms with Gasteiger partial charge in [-0.15, -0.1) is 0 Å². The van der Waals surface area contributed by atoms with Crippen LogP contribution in [0, 0.1) is 23.6 Å². The van der Waals surface area contributed by atoms with Crippen molar-refractivity contribution in [1.82, 2.24) is 5.32 Å². The molecule has 3 nitrogen and oxygen atoms in total. The summed E-state index contributed by atoms with van der Waals surface area (Å²) in [5, 5.41) is 13.4. The zero-order valence-corrected chi connectivity index (χ0v) is 15.0. The molecule has 1 saturated heterocycles. The van der Waals surface area contributed by atoms with E-state index in [1.54, 1.807) is 12.1 Å². The van der Waals surface area contributed by atoms with E-state index in [1.165, 1.54) is 12.8 Å². The van der Waals surface area contributed by atoms with E-state index in [4.69, 9.17) is 0 Å². The number of rotatable bonds is 5. The molecule has 4 rings (SSSR count). The van der Waals surface area contributed by atoms with Crippen molar-refractivity contribution in [3.05, 3.63) is 41.7 Å². The molecule has 0 spiro atoms. The Bertz CT molecular complexity index is 639. The van der Waals surface area contributed by atoms with E-state index >= 15 is 0 Å². The van der Waals surface area contributed by atoms with Crippen LogP contribution in [-0.2, 0) is 0 Å². The highest BCUT2D eigenvalue weighted by Crippen LogP contribution is 2.43. The summed E-state index contributed by atoms with van der Waals surface area (Å²) < 4.78 is 13.9. The number of halogens is 1. The van der Waals surface area contributed by atoms with E-state index in [9.17, 15) is 9.50 Å². The maximum Gasteiger partial charge on any atom is 0.123 e. The quantitative estimate of drug-likeness (QED) is 0.801. The van der Waals surface area contributed by atoms with E-state index in [-0.39, 0.29) is 18.0 Å². The lowest BCUT2D eigenvalue weighted by Gasteiger charge is -2.34. The molecule has 4 atom stereocenters. The first-order valence-electron chi connectivity index (χ1n) is 9.74. The van der Waals surface area contributed by atoms with Crippen LogP contribution < -0.4 is 10.2 Å². The predicted molar refractivity (Wildman–Crippen MR) is 99.1 cm³/mol. The van der Waals surface area contributed by atoms with Crippen LogP contribution in [0.1, 0.15) is 44.2 Å². The van der Waals surface area contributed by atoms with Crippen molar-refractivity contribution < 1.29 is 9.50 Å². The molecular formula is C21H29FN2O. The van der Waals surface area contributed by atoms with Crippen molar-refractivity contribution in [2.75, 3.05) is 24.5 Å². The second kappa shape index (κ2) is 7.08. The number of allylic oxidation sites excluding steroid dienone is 2. The van der Waals surface area contributed by atoms with Crippen molar-refractivity contribution in [1.29, 1.82) is 0 Å². The fraction of sp³-hybridized carbons (Fsp3) is 0.619. The van der Waals surface area contributed by atoms with Crippen LogP contribution >= 0.6 is 0 Å². The zero-order chi connectivity index (χ0) is 17.4. The van der Waals surface area contributed by atoms with Crippen LogP contribution in [0.5, 0.6) is 0 Å². The second-order valence-electron chi connectivity index (χ2n) is 8.09. The summed E-state index contributed by atoms with van der Waals surface area (Å²) in [6.07, 6.45) is 8.76. The topological polar surface area (TPSA) is 35.5 Å². The van der Waals surface area contributed by atoms with E-state index in [0.717, 1.165) is 61.5 Å². The summed E-state index contributed by atoms with van der Waals surface area (Å²) in [6, 6.07) is 5.26. The minimum Gasteiger partial charge on any atom is -0.393 e. The molecule has 0 aromatic heterocycles. The van der Waals surface area contributed by atoms with Gasteiger partial charge in [0.25, 0.3) is 0 Å². The lowest BCUT2D eigenvalue weighted by molar-refractivity contribution is 0.145. The highest BCUT2D eigenvalue weighted by molar-refractivity contribution is 5.55. The first-order chi connectivity index (χ1) is 12.1. The number of nitrogens with zero attached hydrogens (tertiary/aromatic N) is 1. The Morgan fingerprint density at radius 1 is 1.24 bits per heavy atom. The number of fused-ring (bicyclic) bond motifs is 2. The monoisotopic (exact) mass is 344 g/mol. The molecule has 0 radical (unpaired) electrons. The molecule has 2 aliphatic carbocycles. The predicted octanol–water partition coefficient (Wildman–Crippen LogP) is 3.65. The fourth-order valence-corrected chi connectivity index (χ4v) is 4.83. The average molecular weight is 344 g/mol. The van der Waals surface area contributed by atoms with Crippen molar-refractivity contribution in [3.8, 4) is 0 Å². The van der Waals surface area contributed by atoms with Crippen LogP contribution in [-0.4, -0.2) is 30.8 Å². The molecule has 0 amide bonds. The average Bonchev–Trinajstić information content (AvgIpc) is 3.23. The van der Waals surface area contributed by atoms with Gasteiger partial charge in [0.05, 0.1) is 6.10 Å². The van der Waals surface area contributed by atoms with Crippen molar-refractivity contribution in [2.24, 2.45) is 17.8 Å². The molecule has 1 saturated carbocycles. The van der Waals surface area contributed by atoms with Crippen molar-refractivity contribution >= 4 is 5.69 Å². The number of nitrogens with one attached hydrogen (secondary N) is 1. The number of piperidine rings is 1. The highest BCUT2D eigenvalue weighted by atomic mass is 19.1. The van der Waals surface area contributed by atoms with Gasteiger partial charge in [-0.2, -0.15) is 0 Å². The Morgan fingerprint density at radius 2 is 2.04 bits per heavy atom. The number of anilines is 1. The third-order valence-corrected chi connectivity index (χ3v) is 6.36. The fourth-order valence-electron chi connectivity index (χ4n) is 4.83.